The Bertz CT molecular complexity index is 560. The van der Waals surface area contributed by atoms with Gasteiger partial charge in [-0.3, -0.25) is 0 Å². The van der Waals surface area contributed by atoms with Gasteiger partial charge in [-0.1, -0.05) is 24.3 Å². The third-order valence-corrected chi connectivity index (χ3v) is 3.38. The zero-order chi connectivity index (χ0) is 12.4. The lowest BCUT2D eigenvalue weighted by Crippen LogP contribution is -2.00. The average molecular weight is 294 g/mol. The van der Waals surface area contributed by atoms with Crippen LogP contribution in [0.3, 0.4) is 0 Å². The van der Waals surface area contributed by atoms with Crippen LogP contribution in [0.5, 0.6) is 0 Å². The molecule has 1 aromatic carbocycles. The van der Waals surface area contributed by atoms with E-state index in [0.717, 1.165) is 4.60 Å². The third kappa shape index (κ3) is 2.58. The molecule has 0 atom stereocenters. The molecule has 2 rings (SSSR count). The van der Waals surface area contributed by atoms with Crippen LogP contribution in [0.15, 0.2) is 41.1 Å². The molecule has 0 saturated carbocycles. The predicted octanol–water partition coefficient (Wildman–Crippen LogP) is 3.31. The first-order chi connectivity index (χ1) is 8.08. The van der Waals surface area contributed by atoms with Gasteiger partial charge in [0, 0.05) is 12.7 Å². The minimum atomic E-state index is -0.908. The van der Waals surface area contributed by atoms with Crippen LogP contribution in [0, 0.1) is 6.92 Å². The van der Waals surface area contributed by atoms with Crippen LogP contribution in [0.1, 0.15) is 21.5 Å². The predicted molar refractivity (Wildman–Crippen MR) is 69.4 cm³/mol. The molecule has 1 aromatic heterocycles. The number of rotatable bonds is 3. The number of carbonyl (C=O) groups is 1. The molecular formula is C13H12BrNO2. The normalized spacial score (nSPS) is 10.5. The topological polar surface area (TPSA) is 42.2 Å². The van der Waals surface area contributed by atoms with Crippen molar-refractivity contribution in [3.63, 3.8) is 0 Å². The van der Waals surface area contributed by atoms with Gasteiger partial charge in [0.25, 0.3) is 0 Å². The quantitative estimate of drug-likeness (QED) is 0.943. The van der Waals surface area contributed by atoms with E-state index in [9.17, 15) is 4.79 Å². The van der Waals surface area contributed by atoms with E-state index in [2.05, 4.69) is 15.9 Å². The van der Waals surface area contributed by atoms with E-state index in [1.807, 2.05) is 35.8 Å². The molecule has 0 saturated heterocycles. The molecule has 1 N–H and O–H groups in total. The van der Waals surface area contributed by atoms with Crippen LogP contribution < -0.4 is 0 Å². The number of aromatic carboxylic acids is 1. The van der Waals surface area contributed by atoms with Gasteiger partial charge in [0.05, 0.1) is 10.2 Å². The molecule has 0 aliphatic carbocycles. The maximum absolute atomic E-state index is 10.9. The number of carboxylic acid groups (broad SMARTS) is 1. The van der Waals surface area contributed by atoms with E-state index in [-0.39, 0.29) is 0 Å². The summed E-state index contributed by atoms with van der Waals surface area (Å²) in [4.78, 5) is 10.9. The highest BCUT2D eigenvalue weighted by Gasteiger charge is 2.09. The summed E-state index contributed by atoms with van der Waals surface area (Å²) in [6.45, 7) is 2.71. The van der Waals surface area contributed by atoms with Crippen LogP contribution in [0.2, 0.25) is 0 Å². The Kier molecular flexibility index (Phi) is 3.33. The first-order valence-corrected chi connectivity index (χ1v) is 6.00. The summed E-state index contributed by atoms with van der Waals surface area (Å²) < 4.78 is 2.66. The second kappa shape index (κ2) is 4.75. The van der Waals surface area contributed by atoms with Crippen LogP contribution in [0.25, 0.3) is 0 Å². The Morgan fingerprint density at radius 3 is 2.71 bits per heavy atom. The molecule has 17 heavy (non-hydrogen) atoms. The van der Waals surface area contributed by atoms with Gasteiger partial charge in [-0.25, -0.2) is 4.79 Å². The SMILES string of the molecule is Cc1ccccc1Cn1cc(C(=O)O)cc1Br. The number of halogens is 1. The van der Waals surface area contributed by atoms with E-state index >= 15 is 0 Å². The lowest BCUT2D eigenvalue weighted by molar-refractivity contribution is 0.0697. The summed E-state index contributed by atoms with van der Waals surface area (Å²) in [6.07, 6.45) is 1.64. The van der Waals surface area contributed by atoms with Crippen molar-refractivity contribution in [3.8, 4) is 0 Å². The monoisotopic (exact) mass is 293 g/mol. The highest BCUT2D eigenvalue weighted by molar-refractivity contribution is 9.10. The zero-order valence-electron chi connectivity index (χ0n) is 9.35. The van der Waals surface area contributed by atoms with Crippen molar-refractivity contribution in [2.45, 2.75) is 13.5 Å². The second-order valence-corrected chi connectivity index (χ2v) is 4.72. The molecule has 1 heterocycles. The van der Waals surface area contributed by atoms with Crippen LogP contribution in [0.4, 0.5) is 0 Å². The number of benzene rings is 1. The van der Waals surface area contributed by atoms with Crippen LogP contribution in [-0.4, -0.2) is 15.6 Å². The first-order valence-electron chi connectivity index (χ1n) is 5.21. The van der Waals surface area contributed by atoms with Crippen LogP contribution >= 0.6 is 15.9 Å². The number of hydrogen-bond donors (Lipinski definition) is 1. The average Bonchev–Trinajstić information content (AvgIpc) is 2.64. The Morgan fingerprint density at radius 1 is 1.41 bits per heavy atom. The minimum absolute atomic E-state index is 0.297. The molecule has 88 valence electrons. The van der Waals surface area contributed by atoms with Gasteiger partial charge in [-0.15, -0.1) is 0 Å². The Balaban J connectivity index is 2.30. The lowest BCUT2D eigenvalue weighted by atomic mass is 10.1. The summed E-state index contributed by atoms with van der Waals surface area (Å²) >= 11 is 3.37. The standard InChI is InChI=1S/C13H12BrNO2/c1-9-4-2-3-5-10(9)7-15-8-11(13(16)17)6-12(15)14/h2-6,8H,7H2,1H3,(H,16,17). The zero-order valence-corrected chi connectivity index (χ0v) is 10.9. The molecule has 0 spiro atoms. The molecule has 2 aromatic rings. The number of aromatic nitrogens is 1. The highest BCUT2D eigenvalue weighted by Crippen LogP contribution is 2.18. The lowest BCUT2D eigenvalue weighted by Gasteiger charge is -2.07. The van der Waals surface area contributed by atoms with Crippen molar-refractivity contribution >= 4 is 21.9 Å². The molecule has 0 radical (unpaired) electrons. The number of aryl methyl sites for hydroxylation is 1. The van der Waals surface area contributed by atoms with Crippen molar-refractivity contribution in [3.05, 3.63) is 57.8 Å². The summed E-state index contributed by atoms with van der Waals surface area (Å²) in [5.41, 5.74) is 2.68. The molecule has 0 amide bonds. The first kappa shape index (κ1) is 11.9. The van der Waals surface area contributed by atoms with Gasteiger partial charge in [0.1, 0.15) is 0 Å². The largest absolute Gasteiger partial charge is 0.478 e. The molecule has 0 fully saturated rings. The molecule has 0 aliphatic heterocycles. The van der Waals surface area contributed by atoms with Gasteiger partial charge in [0.15, 0.2) is 0 Å². The fourth-order valence-corrected chi connectivity index (χ4v) is 2.16. The molecule has 4 heteroatoms. The summed E-state index contributed by atoms with van der Waals surface area (Å²) in [5.74, 6) is -0.908. The number of carboxylic acids is 1. The maximum Gasteiger partial charge on any atom is 0.337 e. The van der Waals surface area contributed by atoms with Crippen molar-refractivity contribution < 1.29 is 9.90 Å². The fourth-order valence-electron chi connectivity index (χ4n) is 1.69. The summed E-state index contributed by atoms with van der Waals surface area (Å²) in [6, 6.07) is 9.68. The highest BCUT2D eigenvalue weighted by atomic mass is 79.9. The van der Waals surface area contributed by atoms with Gasteiger partial charge < -0.3 is 9.67 Å². The number of nitrogens with zero attached hydrogens (tertiary/aromatic N) is 1. The van der Waals surface area contributed by atoms with Gasteiger partial charge in [-0.05, 0) is 40.0 Å². The van der Waals surface area contributed by atoms with Crippen molar-refractivity contribution in [1.29, 1.82) is 0 Å². The fraction of sp³-hybridized carbons (Fsp3) is 0.154. The van der Waals surface area contributed by atoms with Crippen LogP contribution in [-0.2, 0) is 6.54 Å². The molecule has 0 bridgehead atoms. The van der Waals surface area contributed by atoms with Crippen molar-refractivity contribution in [2.24, 2.45) is 0 Å². The van der Waals surface area contributed by atoms with Crippen molar-refractivity contribution in [1.82, 2.24) is 4.57 Å². The maximum atomic E-state index is 10.9. The van der Waals surface area contributed by atoms with Gasteiger partial charge in [-0.2, -0.15) is 0 Å². The Labute approximate surface area is 108 Å². The van der Waals surface area contributed by atoms with E-state index < -0.39 is 5.97 Å². The molecule has 0 unspecified atom stereocenters. The Morgan fingerprint density at radius 2 is 2.12 bits per heavy atom. The van der Waals surface area contributed by atoms with E-state index in [4.69, 9.17) is 5.11 Å². The third-order valence-electron chi connectivity index (χ3n) is 2.69. The second-order valence-electron chi connectivity index (χ2n) is 3.91. The van der Waals surface area contributed by atoms with Gasteiger partial charge in [0.2, 0.25) is 0 Å². The van der Waals surface area contributed by atoms with E-state index in [1.54, 1.807) is 12.3 Å². The summed E-state index contributed by atoms with van der Waals surface area (Å²) in [5, 5.41) is 8.91. The van der Waals surface area contributed by atoms with E-state index in [1.165, 1.54) is 11.1 Å². The minimum Gasteiger partial charge on any atom is -0.478 e. The number of hydrogen-bond acceptors (Lipinski definition) is 1. The summed E-state index contributed by atoms with van der Waals surface area (Å²) in [7, 11) is 0. The van der Waals surface area contributed by atoms with E-state index in [0.29, 0.717) is 12.1 Å². The van der Waals surface area contributed by atoms with Gasteiger partial charge >= 0.3 is 5.97 Å². The van der Waals surface area contributed by atoms with Crippen molar-refractivity contribution in [2.75, 3.05) is 0 Å². The molecule has 3 nitrogen and oxygen atoms in total. The smallest absolute Gasteiger partial charge is 0.337 e. The Hall–Kier alpha value is -1.55. The molecular weight excluding hydrogens is 282 g/mol. The molecule has 0 aliphatic rings.